The fourth-order valence-corrected chi connectivity index (χ4v) is 2.09. The van der Waals surface area contributed by atoms with E-state index in [2.05, 4.69) is 14.7 Å². The fraction of sp³-hybridized carbons (Fsp3) is 0.308. The molecule has 108 valence electrons. The van der Waals surface area contributed by atoms with E-state index in [-0.39, 0.29) is 5.75 Å². The summed E-state index contributed by atoms with van der Waals surface area (Å²) < 4.78 is 29.2. The predicted octanol–water partition coefficient (Wildman–Crippen LogP) is 3.30. The standard InChI is InChI=1S/C13H14ClF2N3O/c1-19(7-11-5-17-8-18-11)6-9-4-10(14)2-3-12(9)20-13(15)16/h2-5,8,13H,6-7H2,1H3,(H,17,18). The van der Waals surface area contributed by atoms with Crippen LogP contribution in [0.15, 0.2) is 30.7 Å². The molecule has 0 spiro atoms. The molecule has 0 aliphatic heterocycles. The van der Waals surface area contributed by atoms with Crippen LogP contribution in [0, 0.1) is 0 Å². The third kappa shape index (κ3) is 4.18. The summed E-state index contributed by atoms with van der Waals surface area (Å²) in [6, 6.07) is 4.61. The summed E-state index contributed by atoms with van der Waals surface area (Å²) in [7, 11) is 1.87. The van der Waals surface area contributed by atoms with Gasteiger partial charge in [-0.3, -0.25) is 4.90 Å². The Hall–Kier alpha value is -1.66. The number of benzene rings is 1. The first-order chi connectivity index (χ1) is 9.54. The number of hydrogen-bond acceptors (Lipinski definition) is 3. The number of rotatable bonds is 6. The average Bonchev–Trinajstić information content (AvgIpc) is 2.84. The van der Waals surface area contributed by atoms with Crippen LogP contribution in [-0.2, 0) is 13.1 Å². The van der Waals surface area contributed by atoms with Crippen molar-refractivity contribution in [1.29, 1.82) is 0 Å². The summed E-state index contributed by atoms with van der Waals surface area (Å²) in [5.41, 5.74) is 1.55. The van der Waals surface area contributed by atoms with Crippen molar-refractivity contribution in [3.8, 4) is 5.75 Å². The lowest BCUT2D eigenvalue weighted by Gasteiger charge is -2.18. The van der Waals surface area contributed by atoms with E-state index in [1.807, 2.05) is 11.9 Å². The second-order valence-electron chi connectivity index (χ2n) is 4.38. The minimum Gasteiger partial charge on any atom is -0.434 e. The molecule has 0 bridgehead atoms. The van der Waals surface area contributed by atoms with Crippen LogP contribution in [0.4, 0.5) is 8.78 Å². The van der Waals surface area contributed by atoms with Crippen molar-refractivity contribution < 1.29 is 13.5 Å². The van der Waals surface area contributed by atoms with Crippen molar-refractivity contribution in [2.24, 2.45) is 0 Å². The van der Waals surface area contributed by atoms with Crippen LogP contribution < -0.4 is 4.74 Å². The number of hydrogen-bond donors (Lipinski definition) is 1. The zero-order valence-electron chi connectivity index (χ0n) is 10.8. The molecule has 0 saturated heterocycles. The maximum absolute atomic E-state index is 12.4. The summed E-state index contributed by atoms with van der Waals surface area (Å²) in [5.74, 6) is 0.140. The van der Waals surface area contributed by atoms with Crippen LogP contribution in [0.1, 0.15) is 11.3 Å². The molecule has 7 heteroatoms. The van der Waals surface area contributed by atoms with Crippen LogP contribution in [-0.4, -0.2) is 28.5 Å². The SMILES string of the molecule is CN(Cc1cnc[nH]1)Cc1cc(Cl)ccc1OC(F)F. The van der Waals surface area contributed by atoms with Gasteiger partial charge in [-0.15, -0.1) is 0 Å². The summed E-state index contributed by atoms with van der Waals surface area (Å²) in [6.45, 7) is -1.81. The highest BCUT2D eigenvalue weighted by atomic mass is 35.5. The number of nitrogens with one attached hydrogen (secondary N) is 1. The Morgan fingerprint density at radius 1 is 1.40 bits per heavy atom. The van der Waals surface area contributed by atoms with Crippen LogP contribution in [0.3, 0.4) is 0 Å². The molecule has 1 aromatic carbocycles. The quantitative estimate of drug-likeness (QED) is 0.890. The second kappa shape index (κ2) is 6.67. The summed E-state index contributed by atoms with van der Waals surface area (Å²) in [5, 5.41) is 0.483. The van der Waals surface area contributed by atoms with E-state index < -0.39 is 6.61 Å². The highest BCUT2D eigenvalue weighted by Crippen LogP contribution is 2.25. The lowest BCUT2D eigenvalue weighted by molar-refractivity contribution is -0.0507. The topological polar surface area (TPSA) is 41.2 Å². The zero-order valence-corrected chi connectivity index (χ0v) is 11.6. The molecule has 0 aliphatic carbocycles. The average molecular weight is 302 g/mol. The molecule has 1 N–H and O–H groups in total. The molecule has 0 radical (unpaired) electrons. The van der Waals surface area contributed by atoms with Crippen molar-refractivity contribution in [3.05, 3.63) is 47.0 Å². The first-order valence-electron chi connectivity index (χ1n) is 5.93. The predicted molar refractivity (Wildman–Crippen MR) is 71.8 cm³/mol. The van der Waals surface area contributed by atoms with Gasteiger partial charge in [0.05, 0.1) is 6.33 Å². The molecular formula is C13H14ClF2N3O. The Kier molecular flexibility index (Phi) is 4.92. The minimum absolute atomic E-state index is 0.140. The van der Waals surface area contributed by atoms with Gasteiger partial charge in [-0.05, 0) is 25.2 Å². The minimum atomic E-state index is -2.85. The second-order valence-corrected chi connectivity index (χ2v) is 4.82. The van der Waals surface area contributed by atoms with Gasteiger partial charge in [0.1, 0.15) is 5.75 Å². The number of aromatic nitrogens is 2. The smallest absolute Gasteiger partial charge is 0.387 e. The monoisotopic (exact) mass is 301 g/mol. The number of ether oxygens (including phenoxy) is 1. The van der Waals surface area contributed by atoms with Crippen molar-refractivity contribution >= 4 is 11.6 Å². The van der Waals surface area contributed by atoms with Crippen LogP contribution in [0.2, 0.25) is 5.02 Å². The van der Waals surface area contributed by atoms with E-state index in [0.29, 0.717) is 23.7 Å². The van der Waals surface area contributed by atoms with Gasteiger partial charge >= 0.3 is 6.61 Å². The molecule has 20 heavy (non-hydrogen) atoms. The van der Waals surface area contributed by atoms with Gasteiger partial charge in [-0.2, -0.15) is 8.78 Å². The number of halogens is 3. The van der Waals surface area contributed by atoms with Gasteiger partial charge in [0.2, 0.25) is 0 Å². The van der Waals surface area contributed by atoms with Crippen LogP contribution in [0.25, 0.3) is 0 Å². The van der Waals surface area contributed by atoms with E-state index in [9.17, 15) is 8.78 Å². The molecule has 0 amide bonds. The van der Waals surface area contributed by atoms with E-state index in [1.54, 1.807) is 18.6 Å². The van der Waals surface area contributed by atoms with Crippen LogP contribution >= 0.6 is 11.6 Å². The highest BCUT2D eigenvalue weighted by molar-refractivity contribution is 6.30. The van der Waals surface area contributed by atoms with Crippen molar-refractivity contribution in [1.82, 2.24) is 14.9 Å². The number of imidazole rings is 1. The Morgan fingerprint density at radius 3 is 2.85 bits per heavy atom. The fourth-order valence-electron chi connectivity index (χ4n) is 1.89. The summed E-state index contributed by atoms with van der Waals surface area (Å²) in [6.07, 6.45) is 3.30. The van der Waals surface area contributed by atoms with Gasteiger partial charge in [0.25, 0.3) is 0 Å². The van der Waals surface area contributed by atoms with Gasteiger partial charge in [-0.1, -0.05) is 11.6 Å². The molecule has 0 saturated carbocycles. The molecule has 2 aromatic rings. The van der Waals surface area contributed by atoms with Gasteiger partial charge in [0, 0.05) is 35.6 Å². The molecule has 0 unspecified atom stereocenters. The third-order valence-corrected chi connectivity index (χ3v) is 2.91. The molecule has 0 aliphatic rings. The first kappa shape index (κ1) is 14.7. The van der Waals surface area contributed by atoms with Gasteiger partial charge in [-0.25, -0.2) is 4.98 Å². The lowest BCUT2D eigenvalue weighted by atomic mass is 10.2. The van der Waals surface area contributed by atoms with Gasteiger partial charge < -0.3 is 9.72 Å². The molecule has 1 aromatic heterocycles. The lowest BCUT2D eigenvalue weighted by Crippen LogP contribution is -2.18. The summed E-state index contributed by atoms with van der Waals surface area (Å²) in [4.78, 5) is 8.85. The molecule has 0 atom stereocenters. The number of H-pyrrole nitrogens is 1. The van der Waals surface area contributed by atoms with Crippen molar-refractivity contribution in [3.63, 3.8) is 0 Å². The van der Waals surface area contributed by atoms with Crippen molar-refractivity contribution in [2.45, 2.75) is 19.7 Å². The van der Waals surface area contributed by atoms with Crippen molar-refractivity contribution in [2.75, 3.05) is 7.05 Å². The Bertz CT molecular complexity index is 549. The molecule has 4 nitrogen and oxygen atoms in total. The maximum Gasteiger partial charge on any atom is 0.387 e. The zero-order chi connectivity index (χ0) is 14.5. The van der Waals surface area contributed by atoms with E-state index in [1.165, 1.54) is 12.1 Å². The maximum atomic E-state index is 12.4. The Morgan fingerprint density at radius 2 is 2.20 bits per heavy atom. The Labute approximate surface area is 120 Å². The number of alkyl halides is 2. The van der Waals surface area contributed by atoms with E-state index in [0.717, 1.165) is 5.69 Å². The normalized spacial score (nSPS) is 11.3. The first-order valence-corrected chi connectivity index (χ1v) is 6.31. The van der Waals surface area contributed by atoms with Gasteiger partial charge in [0.15, 0.2) is 0 Å². The molecular weight excluding hydrogens is 288 g/mol. The third-order valence-electron chi connectivity index (χ3n) is 2.67. The highest BCUT2D eigenvalue weighted by Gasteiger charge is 2.12. The van der Waals surface area contributed by atoms with E-state index >= 15 is 0 Å². The largest absolute Gasteiger partial charge is 0.434 e. The van der Waals surface area contributed by atoms with E-state index in [4.69, 9.17) is 11.6 Å². The number of aromatic amines is 1. The number of nitrogens with zero attached hydrogens (tertiary/aromatic N) is 2. The molecule has 1 heterocycles. The Balaban J connectivity index is 2.08. The molecule has 0 fully saturated rings. The van der Waals surface area contributed by atoms with Crippen LogP contribution in [0.5, 0.6) is 5.75 Å². The summed E-state index contributed by atoms with van der Waals surface area (Å²) >= 11 is 5.90. The molecule has 2 rings (SSSR count).